The largest absolute Gasteiger partial charge is 0.274 e. The molecule has 1 heterocycles. The number of nitro benzene ring substituents is 1. The number of non-ortho nitro benzene ring substituents is 1. The highest BCUT2D eigenvalue weighted by Crippen LogP contribution is 2.36. The third-order valence-electron chi connectivity index (χ3n) is 2.56. The highest BCUT2D eigenvalue weighted by molar-refractivity contribution is 8.14. The van der Waals surface area contributed by atoms with E-state index in [0.29, 0.717) is 5.02 Å². The molecule has 0 spiro atoms. The summed E-state index contributed by atoms with van der Waals surface area (Å²) in [4.78, 5) is 14.7. The SMILES string of the molecule is CCC1=NC(c2ccc([N+](=O)[O-])cc2Cl)CS1. The van der Waals surface area contributed by atoms with E-state index in [2.05, 4.69) is 11.9 Å². The summed E-state index contributed by atoms with van der Waals surface area (Å²) in [6.07, 6.45) is 0.922. The highest BCUT2D eigenvalue weighted by atomic mass is 35.5. The third kappa shape index (κ3) is 2.61. The summed E-state index contributed by atoms with van der Waals surface area (Å²) in [5, 5.41) is 12.1. The van der Waals surface area contributed by atoms with Crippen molar-refractivity contribution < 1.29 is 4.92 Å². The second-order valence-corrected chi connectivity index (χ2v) is 5.17. The molecule has 0 fully saturated rings. The summed E-state index contributed by atoms with van der Waals surface area (Å²) in [5.74, 6) is 0.862. The van der Waals surface area contributed by atoms with Crippen LogP contribution < -0.4 is 0 Å². The van der Waals surface area contributed by atoms with Gasteiger partial charge in [0.25, 0.3) is 5.69 Å². The Kier molecular flexibility index (Phi) is 3.69. The summed E-state index contributed by atoms with van der Waals surface area (Å²) in [7, 11) is 0. The van der Waals surface area contributed by atoms with E-state index < -0.39 is 4.92 Å². The Morgan fingerprint density at radius 2 is 2.41 bits per heavy atom. The van der Waals surface area contributed by atoms with Crippen LogP contribution in [0.4, 0.5) is 5.69 Å². The summed E-state index contributed by atoms with van der Waals surface area (Å²) < 4.78 is 0. The number of thioether (sulfide) groups is 1. The molecule has 2 rings (SSSR count). The molecule has 0 bridgehead atoms. The molecule has 0 amide bonds. The van der Waals surface area contributed by atoms with E-state index in [1.807, 2.05) is 0 Å². The molecular weight excluding hydrogens is 260 g/mol. The van der Waals surface area contributed by atoms with Gasteiger partial charge in [0.15, 0.2) is 0 Å². The van der Waals surface area contributed by atoms with Crippen molar-refractivity contribution in [1.29, 1.82) is 0 Å². The van der Waals surface area contributed by atoms with Crippen LogP contribution in [0.25, 0.3) is 0 Å². The Hall–Kier alpha value is -1.07. The molecule has 1 aliphatic heterocycles. The number of aliphatic imine (C=N–C) groups is 1. The Labute approximate surface area is 108 Å². The normalized spacial score (nSPS) is 19.2. The van der Waals surface area contributed by atoms with Gasteiger partial charge in [0, 0.05) is 17.9 Å². The second-order valence-electron chi connectivity index (χ2n) is 3.67. The average Bonchev–Trinajstić information content (AvgIpc) is 2.77. The number of rotatable bonds is 3. The number of hydrogen-bond donors (Lipinski definition) is 0. The van der Waals surface area contributed by atoms with Crippen LogP contribution in [-0.4, -0.2) is 15.7 Å². The molecule has 4 nitrogen and oxygen atoms in total. The lowest BCUT2D eigenvalue weighted by Crippen LogP contribution is -1.97. The molecule has 1 aromatic carbocycles. The predicted octanol–water partition coefficient (Wildman–Crippen LogP) is 3.84. The Balaban J connectivity index is 2.29. The summed E-state index contributed by atoms with van der Waals surface area (Å²) in [6.45, 7) is 2.06. The van der Waals surface area contributed by atoms with Gasteiger partial charge in [0.2, 0.25) is 0 Å². The van der Waals surface area contributed by atoms with E-state index in [4.69, 9.17) is 11.6 Å². The van der Waals surface area contributed by atoms with Crippen LogP contribution in [0.3, 0.4) is 0 Å². The fourth-order valence-electron chi connectivity index (χ4n) is 1.68. The zero-order valence-corrected chi connectivity index (χ0v) is 10.8. The quantitative estimate of drug-likeness (QED) is 0.619. The van der Waals surface area contributed by atoms with Gasteiger partial charge in [-0.25, -0.2) is 0 Å². The van der Waals surface area contributed by atoms with Crippen molar-refractivity contribution >= 4 is 34.1 Å². The molecule has 0 saturated carbocycles. The van der Waals surface area contributed by atoms with Gasteiger partial charge in [-0.2, -0.15) is 0 Å². The van der Waals surface area contributed by atoms with Gasteiger partial charge in [0.05, 0.1) is 21.0 Å². The van der Waals surface area contributed by atoms with Crippen LogP contribution in [0.2, 0.25) is 5.02 Å². The minimum absolute atomic E-state index is 0.0177. The number of nitrogens with zero attached hydrogens (tertiary/aromatic N) is 2. The lowest BCUT2D eigenvalue weighted by atomic mass is 10.1. The zero-order valence-electron chi connectivity index (χ0n) is 9.22. The van der Waals surface area contributed by atoms with Gasteiger partial charge in [0.1, 0.15) is 0 Å². The maximum absolute atomic E-state index is 10.6. The first-order valence-corrected chi connectivity index (χ1v) is 6.61. The Morgan fingerprint density at radius 1 is 1.65 bits per heavy atom. The van der Waals surface area contributed by atoms with Crippen molar-refractivity contribution in [3.8, 4) is 0 Å². The average molecular weight is 271 g/mol. The molecule has 0 aromatic heterocycles. The van der Waals surface area contributed by atoms with Gasteiger partial charge in [-0.3, -0.25) is 15.1 Å². The first-order chi connectivity index (χ1) is 8.11. The Bertz CT molecular complexity index is 490. The fourth-order valence-corrected chi connectivity index (χ4v) is 2.99. The van der Waals surface area contributed by atoms with Crippen molar-refractivity contribution in [3.05, 3.63) is 38.9 Å². The minimum atomic E-state index is -0.445. The molecule has 1 unspecified atom stereocenters. The first-order valence-electron chi connectivity index (χ1n) is 5.25. The van der Waals surface area contributed by atoms with E-state index in [9.17, 15) is 10.1 Å². The second kappa shape index (κ2) is 5.06. The molecule has 1 atom stereocenters. The molecule has 6 heteroatoms. The summed E-state index contributed by atoms with van der Waals surface area (Å²) in [6, 6.07) is 4.60. The van der Waals surface area contributed by atoms with Crippen LogP contribution in [0.1, 0.15) is 24.9 Å². The van der Waals surface area contributed by atoms with Crippen molar-refractivity contribution in [3.63, 3.8) is 0 Å². The van der Waals surface area contributed by atoms with Gasteiger partial charge in [-0.1, -0.05) is 18.5 Å². The van der Waals surface area contributed by atoms with Crippen LogP contribution >= 0.6 is 23.4 Å². The topological polar surface area (TPSA) is 55.5 Å². The standard InChI is InChI=1S/C11H11ClN2O2S/c1-2-11-13-10(6-17-11)8-4-3-7(14(15)16)5-9(8)12/h3-5,10H,2,6H2,1H3. The first kappa shape index (κ1) is 12.4. The van der Waals surface area contributed by atoms with Gasteiger partial charge < -0.3 is 0 Å². The number of benzene rings is 1. The molecule has 0 N–H and O–H groups in total. The maximum Gasteiger partial charge on any atom is 0.270 e. The lowest BCUT2D eigenvalue weighted by Gasteiger charge is -2.08. The third-order valence-corrected chi connectivity index (χ3v) is 4.10. The summed E-state index contributed by atoms with van der Waals surface area (Å²) >= 11 is 7.78. The van der Waals surface area contributed by atoms with Crippen molar-refractivity contribution in [2.45, 2.75) is 19.4 Å². The molecule has 17 heavy (non-hydrogen) atoms. The molecule has 1 aromatic rings. The maximum atomic E-state index is 10.6. The van der Waals surface area contributed by atoms with Crippen LogP contribution in [0.5, 0.6) is 0 Å². The molecule has 0 radical (unpaired) electrons. The van der Waals surface area contributed by atoms with Crippen LogP contribution in [0, 0.1) is 10.1 Å². The molecule has 90 valence electrons. The Morgan fingerprint density at radius 3 is 2.94 bits per heavy atom. The van der Waals surface area contributed by atoms with E-state index in [1.54, 1.807) is 17.8 Å². The number of hydrogen-bond acceptors (Lipinski definition) is 4. The number of halogens is 1. The van der Waals surface area contributed by atoms with Gasteiger partial charge in [-0.15, -0.1) is 11.8 Å². The highest BCUT2D eigenvalue weighted by Gasteiger charge is 2.22. The fraction of sp³-hybridized carbons (Fsp3) is 0.364. The monoisotopic (exact) mass is 270 g/mol. The van der Waals surface area contributed by atoms with E-state index >= 15 is 0 Å². The van der Waals surface area contributed by atoms with Crippen molar-refractivity contribution in [1.82, 2.24) is 0 Å². The molecule has 0 aliphatic carbocycles. The van der Waals surface area contributed by atoms with Crippen LogP contribution in [-0.2, 0) is 0 Å². The van der Waals surface area contributed by atoms with E-state index in [-0.39, 0.29) is 11.7 Å². The van der Waals surface area contributed by atoms with Crippen LogP contribution in [0.15, 0.2) is 23.2 Å². The van der Waals surface area contributed by atoms with E-state index in [1.165, 1.54) is 12.1 Å². The molecular formula is C11H11ClN2O2S. The molecule has 0 saturated heterocycles. The smallest absolute Gasteiger partial charge is 0.270 e. The predicted molar refractivity (Wildman–Crippen MR) is 71.0 cm³/mol. The van der Waals surface area contributed by atoms with Gasteiger partial charge >= 0.3 is 0 Å². The van der Waals surface area contributed by atoms with E-state index in [0.717, 1.165) is 22.8 Å². The zero-order chi connectivity index (χ0) is 12.4. The van der Waals surface area contributed by atoms with Crippen molar-refractivity contribution in [2.24, 2.45) is 4.99 Å². The number of nitro groups is 1. The van der Waals surface area contributed by atoms with Crippen molar-refractivity contribution in [2.75, 3.05) is 5.75 Å². The minimum Gasteiger partial charge on any atom is -0.274 e. The van der Waals surface area contributed by atoms with Gasteiger partial charge in [-0.05, 0) is 18.1 Å². The lowest BCUT2D eigenvalue weighted by molar-refractivity contribution is -0.384. The molecule has 1 aliphatic rings. The summed E-state index contributed by atoms with van der Waals surface area (Å²) in [5.41, 5.74) is 0.886.